The summed E-state index contributed by atoms with van der Waals surface area (Å²) in [6.45, 7) is 7.91. The summed E-state index contributed by atoms with van der Waals surface area (Å²) < 4.78 is 5.10. The molecule has 2 atom stereocenters. The number of nitrogens with two attached hydrogens (primary N) is 1. The Kier molecular flexibility index (Phi) is 18.5. The molecule has 13 nitrogen and oxygen atoms in total. The van der Waals surface area contributed by atoms with E-state index < -0.39 is 34.7 Å². The second-order valence-electron chi connectivity index (χ2n) is 11.2. The molecule has 0 bridgehead atoms. The third-order valence-electron chi connectivity index (χ3n) is 6.73. The van der Waals surface area contributed by atoms with Gasteiger partial charge in [-0.3, -0.25) is 24.0 Å². The maximum Gasteiger partial charge on any atom is 0.321 e. The minimum Gasteiger partial charge on any atom is -0.460 e. The summed E-state index contributed by atoms with van der Waals surface area (Å²) >= 11 is 3.37. The van der Waals surface area contributed by atoms with Crippen LogP contribution in [0, 0.1) is 5.92 Å². The van der Waals surface area contributed by atoms with Crippen molar-refractivity contribution in [1.82, 2.24) is 21.3 Å². The number of thioether (sulfide) groups is 1. The van der Waals surface area contributed by atoms with E-state index in [0.29, 0.717) is 35.9 Å². The van der Waals surface area contributed by atoms with Crippen LogP contribution >= 0.6 is 34.4 Å². The maximum atomic E-state index is 13.3. The third-order valence-corrected chi connectivity index (χ3v) is 8.61. The lowest BCUT2D eigenvalue weighted by molar-refractivity contribution is -0.147. The van der Waals surface area contributed by atoms with Gasteiger partial charge in [0.2, 0.25) is 23.6 Å². The minimum atomic E-state index is -0.971. The van der Waals surface area contributed by atoms with Crippen LogP contribution in [0.25, 0.3) is 0 Å². The molecule has 0 spiro atoms. The van der Waals surface area contributed by atoms with Gasteiger partial charge in [0.1, 0.15) is 23.4 Å². The number of primary amides is 1. The van der Waals surface area contributed by atoms with Crippen molar-refractivity contribution in [3.63, 3.8) is 0 Å². The number of rotatable bonds is 20. The number of urea groups is 1. The van der Waals surface area contributed by atoms with Crippen molar-refractivity contribution < 1.29 is 33.5 Å². The van der Waals surface area contributed by atoms with E-state index in [9.17, 15) is 28.8 Å². The Balaban J connectivity index is 2.84. The average molecular weight is 763 g/mol. The number of ether oxygens (including phenoxy) is 1. The average Bonchev–Trinajstić information content (AvgIpc) is 2.99. The first-order chi connectivity index (χ1) is 21.2. The number of hydrogen-bond donors (Lipinski definition) is 6. The van der Waals surface area contributed by atoms with Gasteiger partial charge in [-0.15, -0.1) is 11.8 Å². The van der Waals surface area contributed by atoms with E-state index in [1.54, 1.807) is 52.0 Å². The molecule has 0 heterocycles. The van der Waals surface area contributed by atoms with E-state index >= 15 is 0 Å². The Morgan fingerprint density at radius 1 is 0.911 bits per heavy atom. The van der Waals surface area contributed by atoms with Crippen LogP contribution < -0.4 is 32.3 Å². The van der Waals surface area contributed by atoms with Gasteiger partial charge in [0, 0.05) is 25.2 Å². The Morgan fingerprint density at radius 3 is 2.13 bits per heavy atom. The number of anilines is 1. The number of carbonyl (C=O) groups excluding carboxylic acids is 6. The number of halogens is 1. The van der Waals surface area contributed by atoms with Crippen LogP contribution in [0.15, 0.2) is 24.3 Å². The molecular weight excluding hydrogens is 715 g/mol. The van der Waals surface area contributed by atoms with Gasteiger partial charge >= 0.3 is 12.0 Å². The lowest BCUT2D eigenvalue weighted by Gasteiger charge is -2.25. The molecule has 0 unspecified atom stereocenters. The number of amides is 6. The fraction of sp³-hybridized carbons (Fsp3) is 0.600. The topological polar surface area (TPSA) is 198 Å². The Bertz CT molecular complexity index is 1150. The SMILES string of the molecule is CSC(C)(C)C(=O)OCc1ccc(NC(=O)[C@H](CCCNC(N)=O)NC(=O)[C@@H](NC(=O)CCCCNC(=O)CI)C(C)C)cc1. The summed E-state index contributed by atoms with van der Waals surface area (Å²) in [6, 6.07) is 4.23. The Hall–Kier alpha value is -3.08. The number of alkyl halides is 1. The molecule has 1 rings (SSSR count). The van der Waals surface area contributed by atoms with Gasteiger partial charge in [0.15, 0.2) is 0 Å². The van der Waals surface area contributed by atoms with Gasteiger partial charge in [-0.2, -0.15) is 0 Å². The summed E-state index contributed by atoms with van der Waals surface area (Å²) in [7, 11) is 0. The van der Waals surface area contributed by atoms with Crippen LogP contribution in [0.3, 0.4) is 0 Å². The quantitative estimate of drug-likeness (QED) is 0.0505. The molecule has 6 amide bonds. The Labute approximate surface area is 283 Å². The molecule has 0 aliphatic rings. The number of hydrogen-bond acceptors (Lipinski definition) is 8. The number of esters is 1. The van der Waals surface area contributed by atoms with Gasteiger partial charge < -0.3 is 37.1 Å². The van der Waals surface area contributed by atoms with Crippen molar-refractivity contribution in [3.05, 3.63) is 29.8 Å². The predicted molar refractivity (Wildman–Crippen MR) is 184 cm³/mol. The first-order valence-electron chi connectivity index (χ1n) is 14.8. The number of unbranched alkanes of at least 4 members (excludes halogenated alkanes) is 1. The van der Waals surface area contributed by atoms with E-state index in [-0.39, 0.29) is 49.7 Å². The third kappa shape index (κ3) is 16.2. The summed E-state index contributed by atoms with van der Waals surface area (Å²) in [6.07, 6.45) is 3.73. The van der Waals surface area contributed by atoms with Crippen molar-refractivity contribution in [1.29, 1.82) is 0 Å². The molecule has 1 aromatic carbocycles. The second kappa shape index (κ2) is 20.9. The number of nitrogens with one attached hydrogen (secondary N) is 5. The van der Waals surface area contributed by atoms with E-state index in [2.05, 4.69) is 26.6 Å². The van der Waals surface area contributed by atoms with Crippen LogP contribution in [0.2, 0.25) is 0 Å². The van der Waals surface area contributed by atoms with E-state index in [0.717, 1.165) is 5.56 Å². The van der Waals surface area contributed by atoms with Crippen molar-refractivity contribution in [2.75, 3.05) is 29.1 Å². The van der Waals surface area contributed by atoms with Crippen molar-refractivity contribution >= 4 is 75.7 Å². The lowest BCUT2D eigenvalue weighted by atomic mass is 10.0. The van der Waals surface area contributed by atoms with Gasteiger partial charge in [-0.25, -0.2) is 4.79 Å². The first kappa shape index (κ1) is 39.9. The molecule has 0 aromatic heterocycles. The highest BCUT2D eigenvalue weighted by Crippen LogP contribution is 2.23. The molecule has 7 N–H and O–H groups in total. The minimum absolute atomic E-state index is 0.0637. The van der Waals surface area contributed by atoms with Gasteiger partial charge in [-0.1, -0.05) is 48.6 Å². The highest BCUT2D eigenvalue weighted by atomic mass is 127. The maximum absolute atomic E-state index is 13.3. The van der Waals surface area contributed by atoms with Crippen LogP contribution in [0.1, 0.15) is 65.4 Å². The lowest BCUT2D eigenvalue weighted by Crippen LogP contribution is -2.54. The highest BCUT2D eigenvalue weighted by Gasteiger charge is 2.29. The van der Waals surface area contributed by atoms with Crippen molar-refractivity contribution in [2.45, 2.75) is 83.2 Å². The fourth-order valence-electron chi connectivity index (χ4n) is 3.83. The molecule has 1 aromatic rings. The zero-order chi connectivity index (χ0) is 34.0. The predicted octanol–water partition coefficient (Wildman–Crippen LogP) is 2.61. The Morgan fingerprint density at radius 2 is 1.56 bits per heavy atom. The molecule has 0 aliphatic carbocycles. The first-order valence-corrected chi connectivity index (χ1v) is 17.5. The van der Waals surface area contributed by atoms with Gasteiger partial charge in [0.05, 0.1) is 4.43 Å². The monoisotopic (exact) mass is 762 g/mol. The smallest absolute Gasteiger partial charge is 0.321 e. The number of benzene rings is 1. The highest BCUT2D eigenvalue weighted by molar-refractivity contribution is 14.1. The van der Waals surface area contributed by atoms with Crippen molar-refractivity contribution in [2.24, 2.45) is 11.7 Å². The van der Waals surface area contributed by atoms with E-state index in [4.69, 9.17) is 10.5 Å². The molecule has 0 saturated carbocycles. The summed E-state index contributed by atoms with van der Waals surface area (Å²) in [5.41, 5.74) is 6.34. The number of carbonyl (C=O) groups is 6. The zero-order valence-corrected chi connectivity index (χ0v) is 29.6. The molecule has 0 radical (unpaired) electrons. The van der Waals surface area contributed by atoms with Gasteiger partial charge in [-0.05, 0) is 69.4 Å². The molecule has 0 aliphatic heterocycles. The zero-order valence-electron chi connectivity index (χ0n) is 26.6. The van der Waals surface area contributed by atoms with Crippen molar-refractivity contribution in [3.8, 4) is 0 Å². The van der Waals surface area contributed by atoms with Crippen LogP contribution in [0.4, 0.5) is 10.5 Å². The van der Waals surface area contributed by atoms with E-state index in [1.807, 2.05) is 28.8 Å². The standard InChI is InChI=1S/C30H47IN6O7S/c1-19(2)25(37-23(38)10-6-7-15-33-24(39)17-31)27(41)36-22(9-8-16-34-29(32)43)26(40)35-21-13-11-20(12-14-21)18-44-28(42)30(3,4)45-5/h11-14,19,22,25H,6-10,15-18H2,1-5H3,(H,33,39)(H,35,40)(H,36,41)(H,37,38)(H3,32,34,43)/t22-,25-/m0/s1. The molecule has 252 valence electrons. The molecular formula is C30H47IN6O7S. The molecule has 45 heavy (non-hydrogen) atoms. The fourth-order valence-corrected chi connectivity index (χ4v) is 4.33. The normalized spacial score (nSPS) is 12.4. The molecule has 0 saturated heterocycles. The molecule has 15 heteroatoms. The van der Waals surface area contributed by atoms with Crippen LogP contribution in [-0.4, -0.2) is 76.2 Å². The van der Waals surface area contributed by atoms with Crippen LogP contribution in [0.5, 0.6) is 0 Å². The second-order valence-corrected chi connectivity index (χ2v) is 13.4. The summed E-state index contributed by atoms with van der Waals surface area (Å²) in [5, 5.41) is 13.5. The summed E-state index contributed by atoms with van der Waals surface area (Å²) in [4.78, 5) is 73.8. The summed E-state index contributed by atoms with van der Waals surface area (Å²) in [5.74, 6) is -1.96. The largest absolute Gasteiger partial charge is 0.460 e. The molecule has 0 fully saturated rings. The van der Waals surface area contributed by atoms with Gasteiger partial charge in [0.25, 0.3) is 0 Å². The van der Waals surface area contributed by atoms with E-state index in [1.165, 1.54) is 11.8 Å². The van der Waals surface area contributed by atoms with Crippen LogP contribution in [-0.2, 0) is 35.3 Å².